The molecule has 1 aromatic carbocycles. The molecule has 0 saturated heterocycles. The maximum absolute atomic E-state index is 6.18. The largest absolute Gasteiger partial charge is 0.302 e. The van der Waals surface area contributed by atoms with E-state index >= 15 is 0 Å². The zero-order valence-electron chi connectivity index (χ0n) is 9.80. The monoisotopic (exact) mass is 335 g/mol. The molecule has 0 heterocycles. The number of alkyl halides is 1. The summed E-state index contributed by atoms with van der Waals surface area (Å²) in [6, 6.07) is 5.82. The van der Waals surface area contributed by atoms with Crippen molar-refractivity contribution < 1.29 is 0 Å². The fraction of sp³-hybridized carbons (Fsp3) is 0.538. The molecular formula is C13H16BrCl2N. The van der Waals surface area contributed by atoms with Gasteiger partial charge in [-0.15, -0.1) is 0 Å². The normalized spacial score (nSPS) is 23.8. The van der Waals surface area contributed by atoms with Crippen LogP contribution in [0.2, 0.25) is 10.0 Å². The number of hydrogen-bond acceptors (Lipinski definition) is 1. The molecule has 0 aliphatic heterocycles. The highest BCUT2D eigenvalue weighted by atomic mass is 79.9. The number of nitrogens with zero attached hydrogens (tertiary/aromatic N) is 1. The van der Waals surface area contributed by atoms with Crippen molar-refractivity contribution in [3.05, 3.63) is 33.8 Å². The molecular weight excluding hydrogens is 321 g/mol. The number of benzene rings is 1. The SMILES string of the molecule is CN(Cc1cccc(Cl)c1Cl)CC1CC(Br)C1. The maximum atomic E-state index is 6.18. The molecule has 1 aliphatic rings. The summed E-state index contributed by atoms with van der Waals surface area (Å²) in [5, 5.41) is 1.33. The minimum absolute atomic E-state index is 0.640. The van der Waals surface area contributed by atoms with E-state index in [2.05, 4.69) is 27.9 Å². The van der Waals surface area contributed by atoms with Gasteiger partial charge in [0.25, 0.3) is 0 Å². The van der Waals surface area contributed by atoms with Gasteiger partial charge in [0.15, 0.2) is 0 Å². The lowest BCUT2D eigenvalue weighted by Gasteiger charge is -2.34. The fourth-order valence-electron chi connectivity index (χ4n) is 2.27. The first-order valence-corrected chi connectivity index (χ1v) is 7.49. The quantitative estimate of drug-likeness (QED) is 0.726. The minimum atomic E-state index is 0.640. The summed E-state index contributed by atoms with van der Waals surface area (Å²) in [5.41, 5.74) is 1.11. The molecule has 0 N–H and O–H groups in total. The van der Waals surface area contributed by atoms with E-state index in [1.807, 2.05) is 18.2 Å². The van der Waals surface area contributed by atoms with Crippen LogP contribution in [0.5, 0.6) is 0 Å². The van der Waals surface area contributed by atoms with Gasteiger partial charge in [-0.05, 0) is 37.4 Å². The molecule has 1 aliphatic carbocycles. The predicted octanol–water partition coefficient (Wildman–Crippen LogP) is 4.60. The summed E-state index contributed by atoms with van der Waals surface area (Å²) in [5.74, 6) is 0.822. The van der Waals surface area contributed by atoms with Crippen molar-refractivity contribution in [3.63, 3.8) is 0 Å². The van der Waals surface area contributed by atoms with Crippen molar-refractivity contribution in [2.75, 3.05) is 13.6 Å². The number of rotatable bonds is 4. The highest BCUT2D eigenvalue weighted by molar-refractivity contribution is 9.09. The van der Waals surface area contributed by atoms with Crippen molar-refractivity contribution in [2.24, 2.45) is 5.92 Å². The Morgan fingerprint density at radius 1 is 1.35 bits per heavy atom. The van der Waals surface area contributed by atoms with Gasteiger partial charge in [-0.3, -0.25) is 0 Å². The average molecular weight is 337 g/mol. The first kappa shape index (κ1) is 13.7. The molecule has 2 rings (SSSR count). The molecule has 0 bridgehead atoms. The van der Waals surface area contributed by atoms with Crippen LogP contribution in [0, 0.1) is 5.92 Å². The summed E-state index contributed by atoms with van der Waals surface area (Å²) in [6.45, 7) is 1.99. The minimum Gasteiger partial charge on any atom is -0.302 e. The summed E-state index contributed by atoms with van der Waals surface area (Å²) in [7, 11) is 2.14. The van der Waals surface area contributed by atoms with Crippen LogP contribution in [-0.4, -0.2) is 23.3 Å². The lowest BCUT2D eigenvalue weighted by molar-refractivity contribution is 0.208. The number of halogens is 3. The Hall–Kier alpha value is 0.240. The average Bonchev–Trinajstić information content (AvgIpc) is 2.23. The molecule has 94 valence electrons. The molecule has 1 nitrogen and oxygen atoms in total. The molecule has 4 heteroatoms. The van der Waals surface area contributed by atoms with Crippen molar-refractivity contribution in [3.8, 4) is 0 Å². The Kier molecular flexibility index (Phi) is 4.76. The molecule has 0 spiro atoms. The van der Waals surface area contributed by atoms with E-state index in [4.69, 9.17) is 23.2 Å². The van der Waals surface area contributed by atoms with Gasteiger partial charge in [0.2, 0.25) is 0 Å². The summed E-state index contributed by atoms with van der Waals surface area (Å²) in [6.07, 6.45) is 2.57. The Morgan fingerprint density at radius 2 is 2.06 bits per heavy atom. The summed E-state index contributed by atoms with van der Waals surface area (Å²) < 4.78 is 0. The Balaban J connectivity index is 1.89. The zero-order chi connectivity index (χ0) is 12.4. The number of hydrogen-bond donors (Lipinski definition) is 0. The van der Waals surface area contributed by atoms with Crippen LogP contribution >= 0.6 is 39.1 Å². The zero-order valence-corrected chi connectivity index (χ0v) is 12.9. The highest BCUT2D eigenvalue weighted by Crippen LogP contribution is 2.34. The molecule has 1 fully saturated rings. The van der Waals surface area contributed by atoms with Crippen LogP contribution in [0.25, 0.3) is 0 Å². The second-order valence-corrected chi connectivity index (χ2v) is 6.92. The van der Waals surface area contributed by atoms with Crippen molar-refractivity contribution >= 4 is 39.1 Å². The molecule has 0 radical (unpaired) electrons. The van der Waals surface area contributed by atoms with Crippen molar-refractivity contribution in [2.45, 2.75) is 24.2 Å². The second-order valence-electron chi connectivity index (χ2n) is 4.84. The third-order valence-electron chi connectivity index (χ3n) is 3.22. The Bertz CT molecular complexity index is 391. The molecule has 0 amide bonds. The molecule has 1 saturated carbocycles. The van der Waals surface area contributed by atoms with E-state index in [9.17, 15) is 0 Å². The second kappa shape index (κ2) is 5.92. The molecule has 0 unspecified atom stereocenters. The van der Waals surface area contributed by atoms with Crippen LogP contribution in [-0.2, 0) is 6.54 Å². The highest BCUT2D eigenvalue weighted by Gasteiger charge is 2.27. The van der Waals surface area contributed by atoms with Crippen LogP contribution in [0.3, 0.4) is 0 Å². The third kappa shape index (κ3) is 3.60. The smallest absolute Gasteiger partial charge is 0.0637 e. The van der Waals surface area contributed by atoms with E-state index in [1.54, 1.807) is 0 Å². The lowest BCUT2D eigenvalue weighted by atomic mass is 9.85. The maximum Gasteiger partial charge on any atom is 0.0637 e. The van der Waals surface area contributed by atoms with Gasteiger partial charge in [0, 0.05) is 17.9 Å². The third-order valence-corrected chi connectivity index (χ3v) is 4.83. The molecule has 0 atom stereocenters. The van der Waals surface area contributed by atoms with Gasteiger partial charge in [-0.25, -0.2) is 0 Å². The van der Waals surface area contributed by atoms with Crippen LogP contribution in [0.1, 0.15) is 18.4 Å². The van der Waals surface area contributed by atoms with E-state index in [0.717, 1.165) is 29.4 Å². The van der Waals surface area contributed by atoms with Crippen molar-refractivity contribution in [1.82, 2.24) is 4.90 Å². The van der Waals surface area contributed by atoms with Crippen LogP contribution in [0.15, 0.2) is 18.2 Å². The summed E-state index contributed by atoms with van der Waals surface area (Å²) >= 11 is 15.8. The standard InChI is InChI=1S/C13H16BrCl2N/c1-17(7-9-5-11(14)6-9)8-10-3-2-4-12(15)13(10)16/h2-4,9,11H,5-8H2,1H3. The van der Waals surface area contributed by atoms with Gasteiger partial charge < -0.3 is 4.90 Å². The van der Waals surface area contributed by atoms with E-state index in [-0.39, 0.29) is 0 Å². The topological polar surface area (TPSA) is 3.24 Å². The van der Waals surface area contributed by atoms with E-state index < -0.39 is 0 Å². The molecule has 1 aromatic rings. The lowest BCUT2D eigenvalue weighted by Crippen LogP contribution is -2.34. The van der Waals surface area contributed by atoms with Crippen LogP contribution < -0.4 is 0 Å². The van der Waals surface area contributed by atoms with E-state index in [1.165, 1.54) is 12.8 Å². The molecule has 17 heavy (non-hydrogen) atoms. The Morgan fingerprint density at radius 3 is 2.71 bits per heavy atom. The van der Waals surface area contributed by atoms with Gasteiger partial charge in [-0.2, -0.15) is 0 Å². The van der Waals surface area contributed by atoms with Gasteiger partial charge >= 0.3 is 0 Å². The van der Waals surface area contributed by atoms with Gasteiger partial charge in [0.05, 0.1) is 10.0 Å². The first-order chi connectivity index (χ1) is 8.06. The Labute approximate surface area is 121 Å². The summed E-state index contributed by atoms with van der Waals surface area (Å²) in [4.78, 5) is 3.05. The van der Waals surface area contributed by atoms with E-state index in [0.29, 0.717) is 10.0 Å². The van der Waals surface area contributed by atoms with Gasteiger partial charge in [0.1, 0.15) is 0 Å². The van der Waals surface area contributed by atoms with Crippen LogP contribution in [0.4, 0.5) is 0 Å². The van der Waals surface area contributed by atoms with Crippen molar-refractivity contribution in [1.29, 1.82) is 0 Å². The van der Waals surface area contributed by atoms with Gasteiger partial charge in [-0.1, -0.05) is 51.3 Å². The molecule has 0 aromatic heterocycles. The predicted molar refractivity (Wildman–Crippen MR) is 78.2 cm³/mol. The fourth-order valence-corrected chi connectivity index (χ4v) is 3.71. The first-order valence-electron chi connectivity index (χ1n) is 5.81.